The van der Waals surface area contributed by atoms with E-state index in [1.54, 1.807) is 11.8 Å². The van der Waals surface area contributed by atoms with Crippen molar-refractivity contribution in [2.24, 2.45) is 10.7 Å². The molecular weight excluding hydrogens is 266 g/mol. The molecule has 0 amide bonds. The number of nitrogens with one attached hydrogen (secondary N) is 1. The second-order valence-corrected chi connectivity index (χ2v) is 7.24. The van der Waals surface area contributed by atoms with Crippen LogP contribution in [0.2, 0.25) is 0 Å². The predicted octanol–water partition coefficient (Wildman–Crippen LogP) is 4.07. The average Bonchev–Trinajstić information content (AvgIpc) is 2.45. The first-order valence-electron chi connectivity index (χ1n) is 7.10. The number of rotatable bonds is 6. The molecule has 4 heteroatoms. The number of hydrogen-bond acceptors (Lipinski definition) is 2. The first kappa shape index (κ1) is 16.9. The molecule has 0 saturated heterocycles. The molecule has 0 bridgehead atoms. The van der Waals surface area contributed by atoms with Crippen molar-refractivity contribution in [3.63, 3.8) is 0 Å². The Morgan fingerprint density at radius 1 is 1.35 bits per heavy atom. The van der Waals surface area contributed by atoms with Gasteiger partial charge in [0.05, 0.1) is 6.54 Å². The Bertz CT molecular complexity index is 438. The van der Waals surface area contributed by atoms with Crippen LogP contribution < -0.4 is 11.1 Å². The SMILES string of the molecule is CCC(C)c1ccc(NC(N)=NCC(C)(C)SC)cc1. The van der Waals surface area contributed by atoms with Crippen LogP contribution in [0.1, 0.15) is 45.6 Å². The van der Waals surface area contributed by atoms with Gasteiger partial charge in [-0.15, -0.1) is 0 Å². The van der Waals surface area contributed by atoms with Crippen LogP contribution in [-0.2, 0) is 0 Å². The number of guanidine groups is 1. The molecule has 1 atom stereocenters. The van der Waals surface area contributed by atoms with Gasteiger partial charge in [0, 0.05) is 10.4 Å². The summed E-state index contributed by atoms with van der Waals surface area (Å²) in [5, 5.41) is 3.14. The Kier molecular flexibility index (Phi) is 6.40. The van der Waals surface area contributed by atoms with E-state index in [1.165, 1.54) is 5.56 Å². The van der Waals surface area contributed by atoms with Gasteiger partial charge in [-0.05, 0) is 50.1 Å². The van der Waals surface area contributed by atoms with Crippen LogP contribution >= 0.6 is 11.8 Å². The van der Waals surface area contributed by atoms with E-state index < -0.39 is 0 Å². The third kappa shape index (κ3) is 5.45. The molecule has 1 aromatic carbocycles. The normalized spacial score (nSPS) is 14.2. The lowest BCUT2D eigenvalue weighted by molar-refractivity contribution is 0.726. The molecule has 0 aliphatic heterocycles. The van der Waals surface area contributed by atoms with Gasteiger partial charge < -0.3 is 11.1 Å². The molecule has 3 nitrogen and oxygen atoms in total. The van der Waals surface area contributed by atoms with Gasteiger partial charge in [-0.2, -0.15) is 11.8 Å². The van der Waals surface area contributed by atoms with Crippen molar-refractivity contribution in [1.82, 2.24) is 0 Å². The molecule has 0 fully saturated rings. The Labute approximate surface area is 127 Å². The maximum atomic E-state index is 5.92. The molecule has 0 aromatic heterocycles. The first-order chi connectivity index (χ1) is 9.38. The number of hydrogen-bond donors (Lipinski definition) is 2. The standard InChI is InChI=1S/C16H27N3S/c1-6-12(2)13-7-9-14(10-8-13)19-15(17)18-11-16(3,4)20-5/h7-10,12H,6,11H2,1-5H3,(H3,17,18,19). The fourth-order valence-electron chi connectivity index (χ4n) is 1.66. The number of benzene rings is 1. The summed E-state index contributed by atoms with van der Waals surface area (Å²) in [7, 11) is 0. The molecule has 20 heavy (non-hydrogen) atoms. The van der Waals surface area contributed by atoms with Crippen LogP contribution in [0.3, 0.4) is 0 Å². The summed E-state index contributed by atoms with van der Waals surface area (Å²) in [6.45, 7) is 9.47. The van der Waals surface area contributed by atoms with Crippen LogP contribution in [0.5, 0.6) is 0 Å². The van der Waals surface area contributed by atoms with E-state index in [0.29, 0.717) is 18.4 Å². The lowest BCUT2D eigenvalue weighted by Crippen LogP contribution is -2.27. The first-order valence-corrected chi connectivity index (χ1v) is 8.32. The zero-order chi connectivity index (χ0) is 15.2. The summed E-state index contributed by atoms with van der Waals surface area (Å²) in [5.41, 5.74) is 8.27. The molecule has 0 radical (unpaired) electrons. The Morgan fingerprint density at radius 2 is 1.95 bits per heavy atom. The molecule has 1 aromatic rings. The topological polar surface area (TPSA) is 50.4 Å². The summed E-state index contributed by atoms with van der Waals surface area (Å²) >= 11 is 1.79. The van der Waals surface area contributed by atoms with Gasteiger partial charge in [0.25, 0.3) is 0 Å². The highest BCUT2D eigenvalue weighted by Gasteiger charge is 2.14. The van der Waals surface area contributed by atoms with Gasteiger partial charge >= 0.3 is 0 Å². The molecule has 0 heterocycles. The molecular formula is C16H27N3S. The highest BCUT2D eigenvalue weighted by Crippen LogP contribution is 2.22. The Morgan fingerprint density at radius 3 is 2.45 bits per heavy atom. The lowest BCUT2D eigenvalue weighted by atomic mass is 9.99. The largest absolute Gasteiger partial charge is 0.370 e. The molecule has 1 rings (SSSR count). The number of thioether (sulfide) groups is 1. The Hall–Kier alpha value is -1.16. The number of aliphatic imine (C=N–C) groups is 1. The second kappa shape index (κ2) is 7.58. The summed E-state index contributed by atoms with van der Waals surface area (Å²) in [4.78, 5) is 4.40. The third-order valence-electron chi connectivity index (χ3n) is 3.55. The van der Waals surface area contributed by atoms with Gasteiger partial charge in [-0.3, -0.25) is 4.99 Å². The van der Waals surface area contributed by atoms with Crippen molar-refractivity contribution in [1.29, 1.82) is 0 Å². The van der Waals surface area contributed by atoms with E-state index in [0.717, 1.165) is 12.1 Å². The van der Waals surface area contributed by atoms with E-state index in [9.17, 15) is 0 Å². The monoisotopic (exact) mass is 293 g/mol. The van der Waals surface area contributed by atoms with Crippen molar-refractivity contribution in [2.45, 2.75) is 44.8 Å². The molecule has 0 aliphatic carbocycles. The third-order valence-corrected chi connectivity index (χ3v) is 4.78. The van der Waals surface area contributed by atoms with Crippen LogP contribution in [0, 0.1) is 0 Å². The molecule has 0 spiro atoms. The summed E-state index contributed by atoms with van der Waals surface area (Å²) in [6, 6.07) is 8.42. The Balaban J connectivity index is 2.62. The highest BCUT2D eigenvalue weighted by molar-refractivity contribution is 7.99. The predicted molar refractivity (Wildman–Crippen MR) is 92.9 cm³/mol. The van der Waals surface area contributed by atoms with Gasteiger partial charge in [-0.25, -0.2) is 0 Å². The lowest BCUT2D eigenvalue weighted by Gasteiger charge is -2.19. The van der Waals surface area contributed by atoms with E-state index in [2.05, 4.69) is 68.5 Å². The summed E-state index contributed by atoms with van der Waals surface area (Å²) in [6.07, 6.45) is 3.24. The maximum absolute atomic E-state index is 5.92. The van der Waals surface area contributed by atoms with Gasteiger partial charge in [0.1, 0.15) is 0 Å². The number of nitrogens with zero attached hydrogens (tertiary/aromatic N) is 1. The van der Waals surface area contributed by atoms with Crippen LogP contribution in [0.4, 0.5) is 5.69 Å². The number of nitrogens with two attached hydrogens (primary N) is 1. The van der Waals surface area contributed by atoms with Gasteiger partial charge in [-0.1, -0.05) is 26.0 Å². The van der Waals surface area contributed by atoms with Gasteiger partial charge in [0.15, 0.2) is 5.96 Å². The van der Waals surface area contributed by atoms with Crippen LogP contribution in [0.25, 0.3) is 0 Å². The van der Waals surface area contributed by atoms with Crippen molar-refractivity contribution in [2.75, 3.05) is 18.1 Å². The maximum Gasteiger partial charge on any atom is 0.193 e. The van der Waals surface area contributed by atoms with E-state index >= 15 is 0 Å². The quantitative estimate of drug-likeness (QED) is 0.614. The van der Waals surface area contributed by atoms with E-state index in [1.807, 2.05) is 0 Å². The van der Waals surface area contributed by atoms with Crippen molar-refractivity contribution in [3.05, 3.63) is 29.8 Å². The van der Waals surface area contributed by atoms with Crippen LogP contribution in [0.15, 0.2) is 29.3 Å². The zero-order valence-electron chi connectivity index (χ0n) is 13.2. The fraction of sp³-hybridized carbons (Fsp3) is 0.562. The molecule has 1 unspecified atom stereocenters. The second-order valence-electron chi connectivity index (χ2n) is 5.72. The van der Waals surface area contributed by atoms with Crippen molar-refractivity contribution >= 4 is 23.4 Å². The fourth-order valence-corrected chi connectivity index (χ4v) is 1.85. The minimum Gasteiger partial charge on any atom is -0.370 e. The minimum atomic E-state index is 0.118. The summed E-state index contributed by atoms with van der Waals surface area (Å²) < 4.78 is 0.118. The minimum absolute atomic E-state index is 0.118. The molecule has 0 saturated carbocycles. The van der Waals surface area contributed by atoms with Crippen molar-refractivity contribution < 1.29 is 0 Å². The summed E-state index contributed by atoms with van der Waals surface area (Å²) in [5.74, 6) is 1.07. The number of anilines is 1. The zero-order valence-corrected chi connectivity index (χ0v) is 14.1. The van der Waals surface area contributed by atoms with Crippen molar-refractivity contribution in [3.8, 4) is 0 Å². The average molecular weight is 293 g/mol. The highest BCUT2D eigenvalue weighted by atomic mass is 32.2. The molecule has 0 aliphatic rings. The van der Waals surface area contributed by atoms with E-state index in [-0.39, 0.29) is 4.75 Å². The molecule has 3 N–H and O–H groups in total. The van der Waals surface area contributed by atoms with Crippen LogP contribution in [-0.4, -0.2) is 23.5 Å². The van der Waals surface area contributed by atoms with E-state index in [4.69, 9.17) is 5.73 Å². The van der Waals surface area contributed by atoms with Gasteiger partial charge in [0.2, 0.25) is 0 Å². The smallest absolute Gasteiger partial charge is 0.193 e. The molecule has 112 valence electrons.